The number of anilines is 1. The fraction of sp³-hybridized carbons (Fsp3) is 0.500. The van der Waals surface area contributed by atoms with Gasteiger partial charge in [-0.3, -0.25) is 19.4 Å². The minimum absolute atomic E-state index is 0.141. The Labute approximate surface area is 148 Å². The first kappa shape index (κ1) is 16.3. The van der Waals surface area contributed by atoms with Crippen molar-refractivity contribution in [3.8, 4) is 0 Å². The van der Waals surface area contributed by atoms with Crippen LogP contribution in [0.25, 0.3) is 0 Å². The number of carbonyl (C=O) groups is 2. The number of carbonyl (C=O) groups excluding carboxylic acids is 2. The van der Waals surface area contributed by atoms with Crippen LogP contribution in [0.4, 0.5) is 5.69 Å². The second-order valence-electron chi connectivity index (χ2n) is 7.44. The molecule has 1 fully saturated rings. The molecule has 25 heavy (non-hydrogen) atoms. The van der Waals surface area contributed by atoms with E-state index in [4.69, 9.17) is 0 Å². The average Bonchev–Trinajstić information content (AvgIpc) is 2.87. The Hall–Kier alpha value is -2.14. The Morgan fingerprint density at radius 2 is 1.64 bits per heavy atom. The van der Waals surface area contributed by atoms with Gasteiger partial charge in [0.05, 0.1) is 12.2 Å². The van der Waals surface area contributed by atoms with Gasteiger partial charge in [-0.2, -0.15) is 0 Å². The molecule has 0 aromatic heterocycles. The first-order valence-corrected chi connectivity index (χ1v) is 9.20. The largest absolute Gasteiger partial charge is 0.323 e. The first-order chi connectivity index (χ1) is 12.1. The number of imide groups is 1. The van der Waals surface area contributed by atoms with Crippen LogP contribution in [0, 0.1) is 6.92 Å². The lowest BCUT2D eigenvalue weighted by atomic mass is 9.93. The highest BCUT2D eigenvalue weighted by Crippen LogP contribution is 2.35. The molecule has 2 amide bonds. The quantitative estimate of drug-likeness (QED) is 0.777. The van der Waals surface area contributed by atoms with Crippen molar-refractivity contribution < 1.29 is 9.59 Å². The van der Waals surface area contributed by atoms with Crippen LogP contribution >= 0.6 is 0 Å². The number of amides is 2. The van der Waals surface area contributed by atoms with E-state index in [0.717, 1.165) is 5.69 Å². The van der Waals surface area contributed by atoms with Crippen LogP contribution < -0.4 is 4.90 Å². The fourth-order valence-electron chi connectivity index (χ4n) is 4.24. The summed E-state index contributed by atoms with van der Waals surface area (Å²) in [5.41, 5.74) is 3.40. The summed E-state index contributed by atoms with van der Waals surface area (Å²) in [6, 6.07) is 8.70. The maximum Gasteiger partial charge on any atom is 0.277 e. The predicted molar refractivity (Wildman–Crippen MR) is 96.9 cm³/mol. The highest BCUT2D eigenvalue weighted by atomic mass is 16.2. The highest BCUT2D eigenvalue weighted by molar-refractivity contribution is 6.21. The standard InChI is InChI=1S/C20H25N3O2/c1-14-8-10-16(11-9-14)23-13-22(15-6-4-3-5-7-15)12-17-18(23)20(25)21(2)19(17)24/h8-11,15H,3-7,12-13H2,1-2H3. The van der Waals surface area contributed by atoms with Gasteiger partial charge in [0.15, 0.2) is 0 Å². The predicted octanol–water partition coefficient (Wildman–Crippen LogP) is 2.66. The molecule has 0 radical (unpaired) electrons. The van der Waals surface area contributed by atoms with E-state index in [0.29, 0.717) is 30.5 Å². The lowest BCUT2D eigenvalue weighted by Gasteiger charge is -2.42. The highest BCUT2D eigenvalue weighted by Gasteiger charge is 2.44. The molecule has 0 N–H and O–H groups in total. The SMILES string of the molecule is Cc1ccc(N2CN(C3CCCCC3)CC3=C2C(=O)N(C)C3=O)cc1. The summed E-state index contributed by atoms with van der Waals surface area (Å²) in [6.45, 7) is 3.33. The Morgan fingerprint density at radius 1 is 0.960 bits per heavy atom. The van der Waals surface area contributed by atoms with E-state index in [1.807, 2.05) is 17.0 Å². The topological polar surface area (TPSA) is 43.9 Å². The number of likely N-dealkylation sites (N-methyl/N-ethyl adjacent to an activating group) is 1. The number of hydrogen-bond donors (Lipinski definition) is 0. The van der Waals surface area contributed by atoms with Crippen LogP contribution in [-0.2, 0) is 9.59 Å². The summed E-state index contributed by atoms with van der Waals surface area (Å²) in [5.74, 6) is -0.318. The van der Waals surface area contributed by atoms with E-state index in [9.17, 15) is 9.59 Å². The summed E-state index contributed by atoms with van der Waals surface area (Å²) in [7, 11) is 1.58. The zero-order chi connectivity index (χ0) is 17.6. The number of hydrogen-bond acceptors (Lipinski definition) is 4. The number of aryl methyl sites for hydroxylation is 1. The minimum atomic E-state index is -0.177. The van der Waals surface area contributed by atoms with Gasteiger partial charge < -0.3 is 4.90 Å². The number of rotatable bonds is 2. The van der Waals surface area contributed by atoms with E-state index in [1.165, 1.54) is 42.6 Å². The Kier molecular flexibility index (Phi) is 4.12. The summed E-state index contributed by atoms with van der Waals surface area (Å²) in [5, 5.41) is 0. The second-order valence-corrected chi connectivity index (χ2v) is 7.44. The molecular weight excluding hydrogens is 314 g/mol. The minimum Gasteiger partial charge on any atom is -0.323 e. The molecular formula is C20H25N3O2. The molecule has 5 nitrogen and oxygen atoms in total. The molecule has 1 saturated carbocycles. The van der Waals surface area contributed by atoms with Crippen molar-refractivity contribution in [1.82, 2.24) is 9.80 Å². The zero-order valence-corrected chi connectivity index (χ0v) is 15.0. The van der Waals surface area contributed by atoms with Crippen molar-refractivity contribution in [3.63, 3.8) is 0 Å². The van der Waals surface area contributed by atoms with E-state index in [1.54, 1.807) is 7.05 Å². The molecule has 132 valence electrons. The van der Waals surface area contributed by atoms with Crippen molar-refractivity contribution in [3.05, 3.63) is 41.1 Å². The molecule has 0 unspecified atom stereocenters. The van der Waals surface area contributed by atoms with Crippen LogP contribution in [0.5, 0.6) is 0 Å². The van der Waals surface area contributed by atoms with Crippen molar-refractivity contribution in [2.24, 2.45) is 0 Å². The summed E-state index contributed by atoms with van der Waals surface area (Å²) < 4.78 is 0. The first-order valence-electron chi connectivity index (χ1n) is 9.20. The van der Waals surface area contributed by atoms with Crippen molar-refractivity contribution in [1.29, 1.82) is 0 Å². The van der Waals surface area contributed by atoms with E-state index in [-0.39, 0.29) is 11.8 Å². The molecule has 2 heterocycles. The number of nitrogens with zero attached hydrogens (tertiary/aromatic N) is 3. The molecule has 3 aliphatic rings. The van der Waals surface area contributed by atoms with Crippen LogP contribution in [0.2, 0.25) is 0 Å². The number of benzene rings is 1. The van der Waals surface area contributed by atoms with Gasteiger partial charge in [-0.25, -0.2) is 0 Å². The maximum atomic E-state index is 12.7. The normalized spacial score (nSPS) is 22.8. The molecule has 2 aliphatic heterocycles. The van der Waals surface area contributed by atoms with Crippen LogP contribution in [0.15, 0.2) is 35.5 Å². The second kappa shape index (κ2) is 6.30. The van der Waals surface area contributed by atoms with Crippen LogP contribution in [0.3, 0.4) is 0 Å². The third-order valence-electron chi connectivity index (χ3n) is 5.75. The van der Waals surface area contributed by atoms with Gasteiger partial charge in [-0.05, 0) is 31.9 Å². The summed E-state index contributed by atoms with van der Waals surface area (Å²) in [4.78, 5) is 31.0. The third kappa shape index (κ3) is 2.76. The van der Waals surface area contributed by atoms with Crippen LogP contribution in [-0.4, -0.2) is 47.9 Å². The molecule has 0 saturated heterocycles. The van der Waals surface area contributed by atoms with Gasteiger partial charge in [0.1, 0.15) is 5.70 Å². The lowest BCUT2D eigenvalue weighted by Crippen LogP contribution is -2.50. The third-order valence-corrected chi connectivity index (χ3v) is 5.75. The lowest BCUT2D eigenvalue weighted by molar-refractivity contribution is -0.135. The smallest absolute Gasteiger partial charge is 0.277 e. The molecule has 1 aromatic rings. The molecule has 0 atom stereocenters. The maximum absolute atomic E-state index is 12.7. The Balaban J connectivity index is 1.72. The van der Waals surface area contributed by atoms with Gasteiger partial charge in [-0.15, -0.1) is 0 Å². The fourth-order valence-corrected chi connectivity index (χ4v) is 4.24. The molecule has 1 aromatic carbocycles. The Morgan fingerprint density at radius 3 is 2.32 bits per heavy atom. The van der Waals surface area contributed by atoms with E-state index in [2.05, 4.69) is 24.0 Å². The van der Waals surface area contributed by atoms with E-state index < -0.39 is 0 Å². The summed E-state index contributed by atoms with van der Waals surface area (Å²) >= 11 is 0. The van der Waals surface area contributed by atoms with Crippen molar-refractivity contribution in [2.75, 3.05) is 25.2 Å². The summed E-state index contributed by atoms with van der Waals surface area (Å²) in [6.07, 6.45) is 6.18. The molecule has 0 spiro atoms. The zero-order valence-electron chi connectivity index (χ0n) is 15.0. The van der Waals surface area contributed by atoms with Crippen molar-refractivity contribution in [2.45, 2.75) is 45.1 Å². The van der Waals surface area contributed by atoms with Gasteiger partial charge >= 0.3 is 0 Å². The monoisotopic (exact) mass is 339 g/mol. The van der Waals surface area contributed by atoms with Gasteiger partial charge in [-0.1, -0.05) is 37.0 Å². The van der Waals surface area contributed by atoms with Gasteiger partial charge in [0, 0.05) is 25.3 Å². The molecule has 0 bridgehead atoms. The van der Waals surface area contributed by atoms with Gasteiger partial charge in [0.2, 0.25) is 0 Å². The van der Waals surface area contributed by atoms with E-state index >= 15 is 0 Å². The van der Waals surface area contributed by atoms with Crippen LogP contribution in [0.1, 0.15) is 37.7 Å². The average molecular weight is 339 g/mol. The Bertz CT molecular complexity index is 732. The van der Waals surface area contributed by atoms with Gasteiger partial charge in [0.25, 0.3) is 11.8 Å². The van der Waals surface area contributed by atoms with Crippen molar-refractivity contribution >= 4 is 17.5 Å². The molecule has 4 rings (SSSR count). The molecule has 5 heteroatoms. The molecule has 1 aliphatic carbocycles.